The van der Waals surface area contributed by atoms with Crippen LogP contribution in [0.2, 0.25) is 0 Å². The topological polar surface area (TPSA) is 50.7 Å². The van der Waals surface area contributed by atoms with Gasteiger partial charge < -0.3 is 4.74 Å². The van der Waals surface area contributed by atoms with Gasteiger partial charge in [-0.05, 0) is 53.1 Å². The van der Waals surface area contributed by atoms with Gasteiger partial charge in [-0.25, -0.2) is 5.43 Å². The molecule has 1 N–H and O–H groups in total. The van der Waals surface area contributed by atoms with Gasteiger partial charge in [-0.2, -0.15) is 5.10 Å². The first-order valence-electron chi connectivity index (χ1n) is 8.81. The van der Waals surface area contributed by atoms with Crippen LogP contribution in [0.1, 0.15) is 35.7 Å². The number of carbonyl (C=O) groups is 1. The van der Waals surface area contributed by atoms with Crippen molar-refractivity contribution in [3.05, 3.63) is 77.9 Å². The van der Waals surface area contributed by atoms with Crippen LogP contribution in [0.3, 0.4) is 0 Å². The van der Waals surface area contributed by atoms with Gasteiger partial charge in [0.05, 0.1) is 12.8 Å². The summed E-state index contributed by atoms with van der Waals surface area (Å²) < 4.78 is 5.59. The van der Waals surface area contributed by atoms with E-state index in [0.29, 0.717) is 12.2 Å². The van der Waals surface area contributed by atoms with Gasteiger partial charge in [0.15, 0.2) is 0 Å². The van der Waals surface area contributed by atoms with Crippen molar-refractivity contribution in [3.8, 4) is 5.75 Å². The van der Waals surface area contributed by atoms with E-state index in [0.717, 1.165) is 29.5 Å². The lowest BCUT2D eigenvalue weighted by Gasteiger charge is -2.06. The molecule has 3 rings (SSSR count). The molecule has 0 aliphatic heterocycles. The van der Waals surface area contributed by atoms with Crippen LogP contribution in [-0.4, -0.2) is 18.7 Å². The maximum Gasteiger partial charge on any atom is 0.271 e. The van der Waals surface area contributed by atoms with Crippen molar-refractivity contribution in [1.82, 2.24) is 5.43 Å². The predicted molar refractivity (Wildman–Crippen MR) is 106 cm³/mol. The third-order valence-corrected chi connectivity index (χ3v) is 4.04. The molecule has 0 saturated heterocycles. The van der Waals surface area contributed by atoms with Crippen LogP contribution >= 0.6 is 0 Å². The summed E-state index contributed by atoms with van der Waals surface area (Å²) in [5, 5.41) is 6.37. The van der Waals surface area contributed by atoms with Crippen molar-refractivity contribution in [2.45, 2.75) is 19.8 Å². The smallest absolute Gasteiger partial charge is 0.271 e. The lowest BCUT2D eigenvalue weighted by atomic mass is 10.1. The summed E-state index contributed by atoms with van der Waals surface area (Å²) in [6.07, 6.45) is 3.76. The Balaban J connectivity index is 1.57. The molecule has 0 heterocycles. The van der Waals surface area contributed by atoms with E-state index in [1.807, 2.05) is 30.3 Å². The average Bonchev–Trinajstić information content (AvgIpc) is 2.68. The molecule has 4 heteroatoms. The fourth-order valence-corrected chi connectivity index (χ4v) is 2.55. The van der Waals surface area contributed by atoms with Crippen LogP contribution in [0.5, 0.6) is 5.75 Å². The zero-order valence-electron chi connectivity index (χ0n) is 14.8. The Morgan fingerprint density at radius 3 is 2.58 bits per heavy atom. The molecule has 1 amide bonds. The largest absolute Gasteiger partial charge is 0.494 e. The molecule has 0 radical (unpaired) electrons. The number of hydrogen-bond donors (Lipinski definition) is 1. The van der Waals surface area contributed by atoms with E-state index in [4.69, 9.17) is 4.74 Å². The zero-order chi connectivity index (χ0) is 18.2. The van der Waals surface area contributed by atoms with Crippen LogP contribution in [-0.2, 0) is 0 Å². The fourth-order valence-electron chi connectivity index (χ4n) is 2.55. The van der Waals surface area contributed by atoms with Gasteiger partial charge >= 0.3 is 0 Å². The normalized spacial score (nSPS) is 11.0. The van der Waals surface area contributed by atoms with Gasteiger partial charge in [-0.15, -0.1) is 0 Å². The first-order valence-corrected chi connectivity index (χ1v) is 8.81. The Kier molecular flexibility index (Phi) is 5.99. The van der Waals surface area contributed by atoms with Gasteiger partial charge in [0.1, 0.15) is 5.75 Å². The highest BCUT2D eigenvalue weighted by Crippen LogP contribution is 2.15. The van der Waals surface area contributed by atoms with E-state index in [1.54, 1.807) is 30.5 Å². The van der Waals surface area contributed by atoms with Crippen molar-refractivity contribution in [2.75, 3.05) is 6.61 Å². The number of ether oxygens (including phenoxy) is 1. The van der Waals surface area contributed by atoms with Crippen molar-refractivity contribution in [1.29, 1.82) is 0 Å². The third kappa shape index (κ3) is 4.70. The van der Waals surface area contributed by atoms with E-state index in [2.05, 4.69) is 29.6 Å². The SMILES string of the molecule is CCCCOc1ccc(C(=O)NN=Cc2ccc3ccccc3c2)cc1. The average molecular weight is 346 g/mol. The molecule has 0 unspecified atom stereocenters. The molecular weight excluding hydrogens is 324 g/mol. The molecule has 3 aromatic carbocycles. The summed E-state index contributed by atoms with van der Waals surface area (Å²) in [6.45, 7) is 2.81. The molecule has 0 atom stereocenters. The molecule has 26 heavy (non-hydrogen) atoms. The molecule has 0 fully saturated rings. The third-order valence-electron chi connectivity index (χ3n) is 4.04. The molecule has 0 spiro atoms. The standard InChI is InChI=1S/C22H22N2O2/c1-2-3-14-26-21-12-10-19(11-13-21)22(25)24-23-16-17-8-9-18-6-4-5-7-20(18)15-17/h4-13,15-16H,2-3,14H2,1H3,(H,24,25). The van der Waals surface area contributed by atoms with E-state index in [1.165, 1.54) is 5.39 Å². The number of amides is 1. The van der Waals surface area contributed by atoms with Crippen molar-refractivity contribution in [2.24, 2.45) is 5.10 Å². The van der Waals surface area contributed by atoms with Crippen LogP contribution in [0.15, 0.2) is 71.8 Å². The molecule has 0 aliphatic carbocycles. The zero-order valence-corrected chi connectivity index (χ0v) is 14.8. The van der Waals surface area contributed by atoms with Gasteiger partial charge in [-0.3, -0.25) is 4.79 Å². The van der Waals surface area contributed by atoms with Crippen LogP contribution < -0.4 is 10.2 Å². The maximum atomic E-state index is 12.2. The first kappa shape index (κ1) is 17.7. The Labute approximate surface area is 153 Å². The summed E-state index contributed by atoms with van der Waals surface area (Å²) in [5.41, 5.74) is 4.04. The molecule has 0 saturated carbocycles. The maximum absolute atomic E-state index is 12.2. The van der Waals surface area contributed by atoms with E-state index in [-0.39, 0.29) is 5.91 Å². The van der Waals surface area contributed by atoms with E-state index < -0.39 is 0 Å². The monoisotopic (exact) mass is 346 g/mol. The summed E-state index contributed by atoms with van der Waals surface area (Å²) in [6, 6.07) is 21.3. The number of hydrazone groups is 1. The lowest BCUT2D eigenvalue weighted by molar-refractivity contribution is 0.0955. The number of rotatable bonds is 7. The predicted octanol–water partition coefficient (Wildman–Crippen LogP) is 4.78. The van der Waals surface area contributed by atoms with Crippen LogP contribution in [0, 0.1) is 0 Å². The highest BCUT2D eigenvalue weighted by atomic mass is 16.5. The number of fused-ring (bicyclic) bond motifs is 1. The summed E-state index contributed by atoms with van der Waals surface area (Å²) >= 11 is 0. The lowest BCUT2D eigenvalue weighted by Crippen LogP contribution is -2.17. The second-order valence-corrected chi connectivity index (χ2v) is 6.03. The van der Waals surface area contributed by atoms with Gasteiger partial charge in [0.2, 0.25) is 0 Å². The van der Waals surface area contributed by atoms with Crippen molar-refractivity contribution >= 4 is 22.9 Å². The number of nitrogens with one attached hydrogen (secondary N) is 1. The Bertz CT molecular complexity index is 901. The van der Waals surface area contributed by atoms with Crippen molar-refractivity contribution < 1.29 is 9.53 Å². The van der Waals surface area contributed by atoms with E-state index >= 15 is 0 Å². The number of benzene rings is 3. The first-order chi connectivity index (χ1) is 12.8. The molecule has 3 aromatic rings. The molecule has 132 valence electrons. The number of hydrogen-bond acceptors (Lipinski definition) is 3. The minimum Gasteiger partial charge on any atom is -0.494 e. The summed E-state index contributed by atoms with van der Waals surface area (Å²) in [5.74, 6) is 0.525. The van der Waals surface area contributed by atoms with Crippen LogP contribution in [0.25, 0.3) is 10.8 Å². The number of carbonyl (C=O) groups excluding carboxylic acids is 1. The minimum absolute atomic E-state index is 0.248. The van der Waals surface area contributed by atoms with Gasteiger partial charge in [-0.1, -0.05) is 49.7 Å². The second-order valence-electron chi connectivity index (χ2n) is 6.03. The Hall–Kier alpha value is -3.14. The van der Waals surface area contributed by atoms with Gasteiger partial charge in [0.25, 0.3) is 5.91 Å². The molecular formula is C22H22N2O2. The molecule has 0 aliphatic rings. The van der Waals surface area contributed by atoms with Crippen LogP contribution in [0.4, 0.5) is 0 Å². The highest BCUT2D eigenvalue weighted by molar-refractivity contribution is 5.95. The minimum atomic E-state index is -0.248. The summed E-state index contributed by atoms with van der Waals surface area (Å²) in [7, 11) is 0. The van der Waals surface area contributed by atoms with Gasteiger partial charge in [0, 0.05) is 5.56 Å². The Morgan fingerprint density at radius 1 is 1.04 bits per heavy atom. The number of unbranched alkanes of at least 4 members (excludes halogenated alkanes) is 1. The molecule has 0 bridgehead atoms. The highest BCUT2D eigenvalue weighted by Gasteiger charge is 2.04. The molecule has 4 nitrogen and oxygen atoms in total. The molecule has 0 aromatic heterocycles. The second kappa shape index (κ2) is 8.81. The summed E-state index contributed by atoms with van der Waals surface area (Å²) in [4.78, 5) is 12.2. The number of nitrogens with zero attached hydrogens (tertiary/aromatic N) is 1. The Morgan fingerprint density at radius 2 is 1.81 bits per heavy atom. The van der Waals surface area contributed by atoms with E-state index in [9.17, 15) is 4.79 Å². The van der Waals surface area contributed by atoms with Crippen molar-refractivity contribution in [3.63, 3.8) is 0 Å². The quantitative estimate of drug-likeness (QED) is 0.380. The fraction of sp³-hybridized carbons (Fsp3) is 0.182.